The molecule has 0 radical (unpaired) electrons. The van der Waals surface area contributed by atoms with Crippen LogP contribution in [0.2, 0.25) is 5.02 Å². The smallest absolute Gasteiger partial charge is 0.340 e. The molecule has 1 aromatic carbocycles. The largest absolute Gasteiger partial charge is 0.465 e. The van der Waals surface area contributed by atoms with Crippen molar-refractivity contribution in [3.8, 4) is 0 Å². The number of rotatable bonds is 3. The molecule has 0 spiro atoms. The van der Waals surface area contributed by atoms with Gasteiger partial charge in [0.15, 0.2) is 0 Å². The highest BCUT2D eigenvalue weighted by Crippen LogP contribution is 2.22. The average Bonchev–Trinajstić information content (AvgIpc) is 2.49. The molecule has 1 fully saturated rings. The lowest BCUT2D eigenvalue weighted by Gasteiger charge is -2.23. The predicted octanol–water partition coefficient (Wildman–Crippen LogP) is 2.21. The van der Waals surface area contributed by atoms with Crippen molar-refractivity contribution in [2.45, 2.75) is 25.3 Å². The van der Waals surface area contributed by atoms with E-state index in [0.29, 0.717) is 10.7 Å². The standard InChI is InChI=1S/C14H17ClN2O3/c1-20-14(19)10-8-9(15)5-6-11(10)17-13(18)12-4-2-3-7-16-12/h5-6,8,12,16H,2-4,7H2,1H3,(H,17,18). The molecular formula is C14H17ClN2O3. The first-order valence-corrected chi connectivity index (χ1v) is 6.91. The van der Waals surface area contributed by atoms with Gasteiger partial charge < -0.3 is 15.4 Å². The van der Waals surface area contributed by atoms with E-state index in [9.17, 15) is 9.59 Å². The zero-order valence-electron chi connectivity index (χ0n) is 11.2. The summed E-state index contributed by atoms with van der Waals surface area (Å²) in [6.07, 6.45) is 2.90. The molecule has 5 nitrogen and oxygen atoms in total. The molecule has 6 heteroatoms. The molecule has 1 aliphatic rings. The van der Waals surface area contributed by atoms with Crippen LogP contribution in [0.15, 0.2) is 18.2 Å². The van der Waals surface area contributed by atoms with E-state index in [1.165, 1.54) is 13.2 Å². The SMILES string of the molecule is COC(=O)c1cc(Cl)ccc1NC(=O)C1CCCCN1. The number of ether oxygens (including phenoxy) is 1. The molecule has 0 aliphatic carbocycles. The molecule has 1 saturated heterocycles. The first-order chi connectivity index (χ1) is 9.61. The number of anilines is 1. The molecule has 1 heterocycles. The summed E-state index contributed by atoms with van der Waals surface area (Å²) >= 11 is 5.87. The second-order valence-electron chi connectivity index (χ2n) is 4.67. The Morgan fingerprint density at radius 3 is 2.85 bits per heavy atom. The lowest BCUT2D eigenvalue weighted by atomic mass is 10.0. The highest BCUT2D eigenvalue weighted by atomic mass is 35.5. The minimum Gasteiger partial charge on any atom is -0.465 e. The predicted molar refractivity (Wildman–Crippen MR) is 77.1 cm³/mol. The average molecular weight is 297 g/mol. The number of nitrogens with one attached hydrogen (secondary N) is 2. The fourth-order valence-corrected chi connectivity index (χ4v) is 2.37. The Kier molecular flexibility index (Phi) is 4.98. The molecule has 1 amide bonds. The number of esters is 1. The molecule has 2 N–H and O–H groups in total. The number of halogens is 1. The van der Waals surface area contributed by atoms with Crippen molar-refractivity contribution >= 4 is 29.2 Å². The lowest BCUT2D eigenvalue weighted by Crippen LogP contribution is -2.43. The molecule has 20 heavy (non-hydrogen) atoms. The van der Waals surface area contributed by atoms with Crippen LogP contribution in [-0.4, -0.2) is 31.6 Å². The van der Waals surface area contributed by atoms with Crippen LogP contribution in [0, 0.1) is 0 Å². The molecule has 2 rings (SSSR count). The highest BCUT2D eigenvalue weighted by Gasteiger charge is 2.22. The Morgan fingerprint density at radius 2 is 2.20 bits per heavy atom. The maximum absolute atomic E-state index is 12.2. The van der Waals surface area contributed by atoms with Crippen LogP contribution < -0.4 is 10.6 Å². The fourth-order valence-electron chi connectivity index (χ4n) is 2.20. The zero-order chi connectivity index (χ0) is 14.5. The minimum atomic E-state index is -0.528. The summed E-state index contributed by atoms with van der Waals surface area (Å²) in [5.41, 5.74) is 0.669. The monoisotopic (exact) mass is 296 g/mol. The Bertz CT molecular complexity index is 513. The van der Waals surface area contributed by atoms with Crippen molar-refractivity contribution in [1.29, 1.82) is 0 Å². The van der Waals surface area contributed by atoms with Gasteiger partial charge >= 0.3 is 5.97 Å². The summed E-state index contributed by atoms with van der Waals surface area (Å²) in [6, 6.07) is 4.50. The van der Waals surface area contributed by atoms with E-state index in [2.05, 4.69) is 10.6 Å². The summed E-state index contributed by atoms with van der Waals surface area (Å²) < 4.78 is 4.69. The number of hydrogen-bond acceptors (Lipinski definition) is 4. The highest BCUT2D eigenvalue weighted by molar-refractivity contribution is 6.31. The van der Waals surface area contributed by atoms with E-state index in [4.69, 9.17) is 16.3 Å². The van der Waals surface area contributed by atoms with Crippen LogP contribution in [0.25, 0.3) is 0 Å². The van der Waals surface area contributed by atoms with Gasteiger partial charge in [0.25, 0.3) is 0 Å². The van der Waals surface area contributed by atoms with Gasteiger partial charge in [-0.25, -0.2) is 4.79 Å². The summed E-state index contributed by atoms with van der Waals surface area (Å²) in [5, 5.41) is 6.34. The van der Waals surface area contributed by atoms with Crippen molar-refractivity contribution in [2.24, 2.45) is 0 Å². The zero-order valence-corrected chi connectivity index (χ0v) is 12.0. The number of methoxy groups -OCH3 is 1. The summed E-state index contributed by atoms with van der Waals surface area (Å²) in [4.78, 5) is 23.9. The van der Waals surface area contributed by atoms with Crippen molar-refractivity contribution in [3.63, 3.8) is 0 Å². The Balaban J connectivity index is 2.15. The van der Waals surface area contributed by atoms with E-state index < -0.39 is 5.97 Å². The van der Waals surface area contributed by atoms with Gasteiger partial charge in [0, 0.05) is 5.02 Å². The van der Waals surface area contributed by atoms with Crippen LogP contribution in [0.5, 0.6) is 0 Å². The third-order valence-electron chi connectivity index (χ3n) is 3.27. The molecule has 0 bridgehead atoms. The van der Waals surface area contributed by atoms with E-state index >= 15 is 0 Å². The van der Waals surface area contributed by atoms with E-state index in [-0.39, 0.29) is 17.5 Å². The molecule has 1 aromatic rings. The van der Waals surface area contributed by atoms with Crippen molar-refractivity contribution in [3.05, 3.63) is 28.8 Å². The van der Waals surface area contributed by atoms with Gasteiger partial charge in [-0.15, -0.1) is 0 Å². The van der Waals surface area contributed by atoms with Crippen molar-refractivity contribution in [2.75, 3.05) is 19.0 Å². The lowest BCUT2D eigenvalue weighted by molar-refractivity contribution is -0.118. The molecule has 108 valence electrons. The quantitative estimate of drug-likeness (QED) is 0.839. The van der Waals surface area contributed by atoms with Gasteiger partial charge in [-0.05, 0) is 37.6 Å². The van der Waals surface area contributed by atoms with Crippen LogP contribution in [0.4, 0.5) is 5.69 Å². The molecule has 0 saturated carbocycles. The number of carbonyl (C=O) groups excluding carboxylic acids is 2. The maximum Gasteiger partial charge on any atom is 0.340 e. The molecule has 0 aromatic heterocycles. The van der Waals surface area contributed by atoms with Crippen molar-refractivity contribution < 1.29 is 14.3 Å². The maximum atomic E-state index is 12.2. The van der Waals surface area contributed by atoms with E-state index in [1.54, 1.807) is 12.1 Å². The van der Waals surface area contributed by atoms with Gasteiger partial charge in [0.05, 0.1) is 24.4 Å². The summed E-state index contributed by atoms with van der Waals surface area (Å²) in [7, 11) is 1.29. The third kappa shape index (κ3) is 3.49. The van der Waals surface area contributed by atoms with Crippen LogP contribution in [0.1, 0.15) is 29.6 Å². The molecule has 1 aliphatic heterocycles. The van der Waals surface area contributed by atoms with Crippen LogP contribution in [-0.2, 0) is 9.53 Å². The Morgan fingerprint density at radius 1 is 1.40 bits per heavy atom. The number of hydrogen-bond donors (Lipinski definition) is 2. The van der Waals surface area contributed by atoms with Gasteiger partial charge in [0.1, 0.15) is 0 Å². The van der Waals surface area contributed by atoms with E-state index in [0.717, 1.165) is 25.8 Å². The van der Waals surface area contributed by atoms with Gasteiger partial charge in [-0.3, -0.25) is 4.79 Å². The first kappa shape index (κ1) is 14.8. The number of amides is 1. The summed E-state index contributed by atoms with van der Waals surface area (Å²) in [5.74, 6) is -0.670. The van der Waals surface area contributed by atoms with Crippen LogP contribution in [0.3, 0.4) is 0 Å². The minimum absolute atomic E-state index is 0.142. The number of benzene rings is 1. The molecule has 1 unspecified atom stereocenters. The van der Waals surface area contributed by atoms with E-state index in [1.807, 2.05) is 0 Å². The molecule has 1 atom stereocenters. The van der Waals surface area contributed by atoms with Crippen LogP contribution >= 0.6 is 11.6 Å². The van der Waals surface area contributed by atoms with Gasteiger partial charge in [-0.2, -0.15) is 0 Å². The summed E-state index contributed by atoms with van der Waals surface area (Å²) in [6.45, 7) is 0.836. The fraction of sp³-hybridized carbons (Fsp3) is 0.429. The third-order valence-corrected chi connectivity index (χ3v) is 3.51. The first-order valence-electron chi connectivity index (χ1n) is 6.54. The van der Waals surface area contributed by atoms with Gasteiger partial charge in [0.2, 0.25) is 5.91 Å². The van der Waals surface area contributed by atoms with Gasteiger partial charge in [-0.1, -0.05) is 18.0 Å². The van der Waals surface area contributed by atoms with Crippen molar-refractivity contribution in [1.82, 2.24) is 5.32 Å². The molecular weight excluding hydrogens is 280 g/mol. The topological polar surface area (TPSA) is 67.4 Å². The number of carbonyl (C=O) groups is 2. The second-order valence-corrected chi connectivity index (χ2v) is 5.11. The number of piperidine rings is 1. The normalized spacial score (nSPS) is 18.4. The Hall–Kier alpha value is -1.59. The second kappa shape index (κ2) is 6.72. The Labute approximate surface area is 122 Å².